The minimum Gasteiger partial charge on any atom is -0.500 e. The van der Waals surface area contributed by atoms with Gasteiger partial charge in [0, 0.05) is 52.8 Å². The number of methoxy groups -OCH3 is 1. The van der Waals surface area contributed by atoms with E-state index in [9.17, 15) is 24.8 Å². The highest BCUT2D eigenvalue weighted by molar-refractivity contribution is 7.10. The molecule has 0 radical (unpaired) electrons. The smallest absolute Gasteiger partial charge is 0.336 e. The number of phenols is 1. The Labute approximate surface area is 217 Å². The molecule has 2 N–H and O–H groups in total. The number of hydrogen-bond acceptors (Lipinski definition) is 10. The maximum Gasteiger partial charge on any atom is 0.336 e. The van der Waals surface area contributed by atoms with Crippen molar-refractivity contribution in [3.05, 3.63) is 72.7 Å². The minimum atomic E-state index is -0.944. The predicted molar refractivity (Wildman–Crippen MR) is 136 cm³/mol. The number of nitrogens with one attached hydrogen (secondary N) is 1. The molecule has 4 rings (SSSR count). The Hall–Kier alpha value is -3.70. The topological polar surface area (TPSA) is 137 Å². The largest absolute Gasteiger partial charge is 0.500 e. The fraction of sp³-hybridized carbons (Fsp3) is 0.385. The van der Waals surface area contributed by atoms with E-state index in [0.29, 0.717) is 30.0 Å². The summed E-state index contributed by atoms with van der Waals surface area (Å²) in [5, 5.41) is 27.2. The van der Waals surface area contributed by atoms with E-state index < -0.39 is 28.2 Å². The summed E-state index contributed by atoms with van der Waals surface area (Å²) < 4.78 is 15.9. The van der Waals surface area contributed by atoms with Crippen molar-refractivity contribution < 1.29 is 33.8 Å². The highest BCUT2D eigenvalue weighted by Crippen LogP contribution is 2.49. The maximum atomic E-state index is 13.6. The van der Waals surface area contributed by atoms with Gasteiger partial charge in [0.05, 0.1) is 24.2 Å². The summed E-state index contributed by atoms with van der Waals surface area (Å²) in [6.07, 6.45) is 0.778. The first kappa shape index (κ1) is 26.4. The van der Waals surface area contributed by atoms with Crippen LogP contribution in [0.15, 0.2) is 52.2 Å². The minimum absolute atomic E-state index is 0.00945. The number of thiophene rings is 1. The maximum absolute atomic E-state index is 13.6. The number of hydrogen-bond donors (Lipinski definition) is 2. The molecule has 0 bridgehead atoms. The SMILES string of the molecule is CCOCCOC(=O)C1=C(C)NC2=C(C(=O)C[C@@H](c3cccs3)C2)[C@H]1c1cc(OC)c(O)c([N+](=O)[O-])c1. The molecule has 1 aliphatic heterocycles. The molecule has 0 saturated carbocycles. The quantitative estimate of drug-likeness (QED) is 0.211. The summed E-state index contributed by atoms with van der Waals surface area (Å²) in [4.78, 5) is 39.0. The molecule has 0 fully saturated rings. The monoisotopic (exact) mass is 528 g/mol. The number of ketones is 1. The molecule has 1 aromatic heterocycles. The molecule has 0 spiro atoms. The van der Waals surface area contributed by atoms with Crippen LogP contribution in [0.1, 0.15) is 49.0 Å². The van der Waals surface area contributed by atoms with E-state index in [2.05, 4.69) is 5.32 Å². The first-order chi connectivity index (χ1) is 17.8. The van der Waals surface area contributed by atoms with Crippen molar-refractivity contribution in [2.24, 2.45) is 0 Å². The van der Waals surface area contributed by atoms with Gasteiger partial charge in [0.2, 0.25) is 5.75 Å². The number of aromatic hydroxyl groups is 1. The molecule has 2 aromatic rings. The van der Waals surface area contributed by atoms with Gasteiger partial charge in [0.25, 0.3) is 0 Å². The summed E-state index contributed by atoms with van der Waals surface area (Å²) in [7, 11) is 1.27. The van der Waals surface area contributed by atoms with Crippen LogP contribution in [0.5, 0.6) is 11.5 Å². The lowest BCUT2D eigenvalue weighted by Crippen LogP contribution is -2.36. The number of ether oxygens (including phenoxy) is 3. The van der Waals surface area contributed by atoms with Crippen molar-refractivity contribution >= 4 is 28.8 Å². The zero-order valence-corrected chi connectivity index (χ0v) is 21.6. The number of allylic oxidation sites excluding steroid dienone is 3. The Kier molecular flexibility index (Phi) is 7.94. The molecule has 1 aromatic carbocycles. The van der Waals surface area contributed by atoms with Crippen LogP contribution in [-0.4, -0.2) is 48.7 Å². The Bertz CT molecular complexity index is 1280. The van der Waals surface area contributed by atoms with Gasteiger partial charge < -0.3 is 24.6 Å². The van der Waals surface area contributed by atoms with E-state index in [0.717, 1.165) is 4.88 Å². The van der Waals surface area contributed by atoms with Crippen molar-refractivity contribution in [2.45, 2.75) is 38.5 Å². The molecule has 0 saturated heterocycles. The van der Waals surface area contributed by atoms with E-state index in [-0.39, 0.29) is 48.2 Å². The number of carbonyl (C=O) groups excluding carboxylic acids is 2. The molecule has 11 heteroatoms. The molecule has 10 nitrogen and oxygen atoms in total. The lowest BCUT2D eigenvalue weighted by Gasteiger charge is -2.36. The third-order valence-electron chi connectivity index (χ3n) is 6.49. The number of nitrogens with zero attached hydrogens (tertiary/aromatic N) is 1. The number of dihydropyridines is 1. The second-order valence-corrected chi connectivity index (χ2v) is 9.69. The average Bonchev–Trinajstić information content (AvgIpc) is 3.41. The summed E-state index contributed by atoms with van der Waals surface area (Å²) in [5.74, 6) is -2.56. The Morgan fingerprint density at radius 3 is 2.73 bits per heavy atom. The second-order valence-electron chi connectivity index (χ2n) is 8.71. The highest BCUT2D eigenvalue weighted by Gasteiger charge is 2.42. The third-order valence-corrected chi connectivity index (χ3v) is 7.52. The van der Waals surface area contributed by atoms with Crippen LogP contribution in [0.4, 0.5) is 5.69 Å². The zero-order chi connectivity index (χ0) is 26.7. The van der Waals surface area contributed by atoms with Crippen LogP contribution in [0.3, 0.4) is 0 Å². The summed E-state index contributed by atoms with van der Waals surface area (Å²) in [6.45, 7) is 4.22. The molecule has 0 amide bonds. The van der Waals surface area contributed by atoms with Gasteiger partial charge in [0.1, 0.15) is 6.61 Å². The van der Waals surface area contributed by atoms with E-state index in [1.165, 1.54) is 19.2 Å². The fourth-order valence-electron chi connectivity index (χ4n) is 4.86. The number of esters is 1. The summed E-state index contributed by atoms with van der Waals surface area (Å²) in [5.41, 5.74) is 1.36. The van der Waals surface area contributed by atoms with Crippen molar-refractivity contribution in [2.75, 3.05) is 26.9 Å². The highest BCUT2D eigenvalue weighted by atomic mass is 32.1. The second kappa shape index (κ2) is 11.1. The Balaban J connectivity index is 1.83. The van der Waals surface area contributed by atoms with Crippen LogP contribution in [0.25, 0.3) is 0 Å². The van der Waals surface area contributed by atoms with Crippen LogP contribution in [0, 0.1) is 10.1 Å². The normalized spacial score (nSPS) is 19.4. The molecule has 37 heavy (non-hydrogen) atoms. The lowest BCUT2D eigenvalue weighted by molar-refractivity contribution is -0.386. The van der Waals surface area contributed by atoms with Crippen molar-refractivity contribution in [3.63, 3.8) is 0 Å². The van der Waals surface area contributed by atoms with Gasteiger partial charge in [-0.15, -0.1) is 11.3 Å². The van der Waals surface area contributed by atoms with E-state index >= 15 is 0 Å². The van der Waals surface area contributed by atoms with Crippen LogP contribution in [0.2, 0.25) is 0 Å². The van der Waals surface area contributed by atoms with Crippen molar-refractivity contribution in [1.29, 1.82) is 0 Å². The molecular weight excluding hydrogens is 500 g/mol. The number of benzene rings is 1. The molecular formula is C26H28N2O8S. The van der Waals surface area contributed by atoms with Crippen LogP contribution in [-0.2, 0) is 19.1 Å². The van der Waals surface area contributed by atoms with E-state index in [1.807, 2.05) is 24.4 Å². The summed E-state index contributed by atoms with van der Waals surface area (Å²) in [6, 6.07) is 6.53. The van der Waals surface area contributed by atoms with Gasteiger partial charge in [0.15, 0.2) is 11.5 Å². The average molecular weight is 529 g/mol. The van der Waals surface area contributed by atoms with Gasteiger partial charge in [-0.05, 0) is 43.3 Å². The van der Waals surface area contributed by atoms with Crippen LogP contribution < -0.4 is 10.1 Å². The standard InChI is InChI=1S/C26H28N2O8S/c1-4-35-7-8-36-26(31)22-14(2)27-17-10-15(21-6-5-9-37-21)12-19(29)24(17)23(22)16-11-18(28(32)33)25(30)20(13-16)34-3/h5-6,9,11,13,15,23,27,30H,4,7-8,10,12H2,1-3H3/t15-,23-/m0/s1. The Morgan fingerprint density at radius 2 is 2.08 bits per heavy atom. The van der Waals surface area contributed by atoms with Gasteiger partial charge in [-0.3, -0.25) is 14.9 Å². The molecule has 2 atom stereocenters. The van der Waals surface area contributed by atoms with Gasteiger partial charge >= 0.3 is 11.7 Å². The third kappa shape index (κ3) is 5.23. The van der Waals surface area contributed by atoms with Crippen LogP contribution >= 0.6 is 11.3 Å². The zero-order valence-electron chi connectivity index (χ0n) is 20.7. The van der Waals surface area contributed by atoms with Crippen molar-refractivity contribution in [3.8, 4) is 11.5 Å². The fourth-order valence-corrected chi connectivity index (χ4v) is 5.69. The van der Waals surface area contributed by atoms with Gasteiger partial charge in [-0.1, -0.05) is 6.07 Å². The molecule has 0 unspecified atom stereocenters. The Morgan fingerprint density at radius 1 is 1.30 bits per heavy atom. The number of rotatable bonds is 9. The van der Waals surface area contributed by atoms with E-state index in [1.54, 1.807) is 18.3 Å². The van der Waals surface area contributed by atoms with E-state index in [4.69, 9.17) is 14.2 Å². The molecule has 1 aliphatic carbocycles. The number of phenolic OH excluding ortho intramolecular Hbond substituents is 1. The number of carbonyl (C=O) groups is 2. The number of Topliss-reactive ketones (excluding diaryl/α,β-unsaturated/α-hetero) is 1. The van der Waals surface area contributed by atoms with Gasteiger partial charge in [-0.2, -0.15) is 0 Å². The molecule has 2 aliphatic rings. The first-order valence-corrected chi connectivity index (χ1v) is 12.7. The van der Waals surface area contributed by atoms with Gasteiger partial charge in [-0.25, -0.2) is 4.79 Å². The van der Waals surface area contributed by atoms with Crippen molar-refractivity contribution in [1.82, 2.24) is 5.32 Å². The lowest BCUT2D eigenvalue weighted by atomic mass is 9.72. The predicted octanol–water partition coefficient (Wildman–Crippen LogP) is 4.31. The molecule has 196 valence electrons. The number of nitro groups is 1. The number of nitro benzene ring substituents is 1. The summed E-state index contributed by atoms with van der Waals surface area (Å²) >= 11 is 1.58. The first-order valence-electron chi connectivity index (χ1n) is 11.8. The molecule has 2 heterocycles.